The molecule has 0 fully saturated rings. The molecule has 24 heavy (non-hydrogen) atoms. The predicted octanol–water partition coefficient (Wildman–Crippen LogP) is 3.76. The van der Waals surface area contributed by atoms with Gasteiger partial charge in [0, 0.05) is 5.56 Å². The van der Waals surface area contributed by atoms with Crippen LogP contribution in [0.25, 0.3) is 21.9 Å². The van der Waals surface area contributed by atoms with E-state index in [9.17, 15) is 4.79 Å². The Kier molecular flexibility index (Phi) is 4.60. The van der Waals surface area contributed by atoms with Crippen LogP contribution < -0.4 is 5.73 Å². The average molecular weight is 315 g/mol. The van der Waals surface area contributed by atoms with Crippen molar-refractivity contribution in [3.8, 4) is 23.5 Å². The molecule has 0 aliphatic carbocycles. The number of amides is 1. The monoisotopic (exact) mass is 315 g/mol. The van der Waals surface area contributed by atoms with Gasteiger partial charge in [-0.3, -0.25) is 4.79 Å². The van der Waals surface area contributed by atoms with Crippen LogP contribution >= 0.6 is 0 Å². The zero-order valence-corrected chi connectivity index (χ0v) is 13.2. The summed E-state index contributed by atoms with van der Waals surface area (Å²) in [6.07, 6.45) is 5.17. The molecule has 0 saturated heterocycles. The van der Waals surface area contributed by atoms with Crippen molar-refractivity contribution in [2.75, 3.05) is 6.61 Å². The molecular formula is C21H17NO2. The van der Waals surface area contributed by atoms with Crippen molar-refractivity contribution in [2.45, 2.75) is 6.61 Å². The van der Waals surface area contributed by atoms with Gasteiger partial charge in [0.15, 0.2) is 0 Å². The molecule has 0 saturated carbocycles. The highest BCUT2D eigenvalue weighted by Crippen LogP contribution is 2.31. The number of ether oxygens (including phenoxy) is 1. The number of primary amides is 1. The fourth-order valence-electron chi connectivity index (χ4n) is 2.81. The molecule has 3 aromatic rings. The van der Waals surface area contributed by atoms with E-state index in [1.165, 1.54) is 0 Å². The van der Waals surface area contributed by atoms with Crippen LogP contribution in [0, 0.1) is 12.3 Å². The number of rotatable bonds is 5. The summed E-state index contributed by atoms with van der Waals surface area (Å²) in [6, 6.07) is 19.7. The summed E-state index contributed by atoms with van der Waals surface area (Å²) >= 11 is 0. The summed E-state index contributed by atoms with van der Waals surface area (Å²) in [5.41, 5.74) is 8.76. The maximum Gasteiger partial charge on any atom is 0.249 e. The Labute approximate surface area is 141 Å². The lowest BCUT2D eigenvalue weighted by Gasteiger charge is -2.12. The molecule has 0 unspecified atom stereocenters. The van der Waals surface area contributed by atoms with Gasteiger partial charge in [-0.15, -0.1) is 6.42 Å². The number of fused-ring (bicyclic) bond motifs is 1. The molecule has 2 N–H and O–H groups in total. The number of hydrogen-bond donors (Lipinski definition) is 1. The summed E-state index contributed by atoms with van der Waals surface area (Å²) in [5.74, 6) is 1.96. The third-order valence-electron chi connectivity index (χ3n) is 3.88. The number of nitrogens with two attached hydrogens (primary N) is 1. The molecule has 118 valence electrons. The summed E-state index contributed by atoms with van der Waals surface area (Å²) in [5, 5.41) is 2.20. The fraction of sp³-hybridized carbons (Fsp3) is 0.0952. The first-order valence-corrected chi connectivity index (χ1v) is 7.63. The second-order valence-electron chi connectivity index (χ2n) is 5.47. The van der Waals surface area contributed by atoms with Gasteiger partial charge in [0.05, 0.1) is 6.61 Å². The minimum atomic E-state index is -0.461. The molecule has 0 aliphatic heterocycles. The van der Waals surface area contributed by atoms with Crippen molar-refractivity contribution in [2.24, 2.45) is 5.73 Å². The van der Waals surface area contributed by atoms with Crippen molar-refractivity contribution in [3.63, 3.8) is 0 Å². The molecule has 3 heteroatoms. The van der Waals surface area contributed by atoms with E-state index in [-0.39, 0.29) is 6.61 Å². The standard InChI is InChI=1S/C21H17NO2/c1-2-12-24-14-15-10-11-19(20(13-15)21(22)23)18-9-5-7-16-6-3-4-8-17(16)18/h1,3-11,13H,12,14H2,(H2,22,23). The van der Waals surface area contributed by atoms with Gasteiger partial charge in [0.1, 0.15) is 6.61 Å². The van der Waals surface area contributed by atoms with E-state index in [1.54, 1.807) is 6.07 Å². The SMILES string of the molecule is C#CCOCc1ccc(-c2cccc3ccccc23)c(C(N)=O)c1. The number of hydrogen-bond acceptors (Lipinski definition) is 2. The van der Waals surface area contributed by atoms with Crippen LogP contribution in [0.5, 0.6) is 0 Å². The van der Waals surface area contributed by atoms with Crippen molar-refractivity contribution >= 4 is 16.7 Å². The number of benzene rings is 3. The lowest BCUT2D eigenvalue weighted by molar-refractivity contribution is 0.100. The van der Waals surface area contributed by atoms with Crippen LogP contribution in [0.2, 0.25) is 0 Å². The minimum absolute atomic E-state index is 0.233. The fourth-order valence-corrected chi connectivity index (χ4v) is 2.81. The van der Waals surface area contributed by atoms with E-state index >= 15 is 0 Å². The van der Waals surface area contributed by atoms with E-state index in [0.717, 1.165) is 27.5 Å². The number of terminal acetylenes is 1. The number of carbonyl (C=O) groups is 1. The van der Waals surface area contributed by atoms with Crippen LogP contribution in [0.15, 0.2) is 60.7 Å². The van der Waals surface area contributed by atoms with E-state index in [4.69, 9.17) is 16.9 Å². The van der Waals surface area contributed by atoms with E-state index in [2.05, 4.69) is 5.92 Å². The highest BCUT2D eigenvalue weighted by molar-refractivity contribution is 6.05. The quantitative estimate of drug-likeness (QED) is 0.576. The molecule has 0 aliphatic rings. The molecule has 0 heterocycles. The molecule has 3 aromatic carbocycles. The van der Waals surface area contributed by atoms with Gasteiger partial charge in [0.25, 0.3) is 0 Å². The van der Waals surface area contributed by atoms with Crippen LogP contribution in [-0.2, 0) is 11.3 Å². The molecular weight excluding hydrogens is 298 g/mol. The Bertz CT molecular complexity index is 933. The largest absolute Gasteiger partial charge is 0.366 e. The first kappa shape index (κ1) is 15.8. The Balaban J connectivity index is 2.10. The molecule has 3 rings (SSSR count). The molecule has 0 spiro atoms. The molecule has 0 atom stereocenters. The highest BCUT2D eigenvalue weighted by Gasteiger charge is 2.13. The van der Waals surface area contributed by atoms with Gasteiger partial charge < -0.3 is 10.5 Å². The third-order valence-corrected chi connectivity index (χ3v) is 3.88. The van der Waals surface area contributed by atoms with Gasteiger partial charge in [0.2, 0.25) is 5.91 Å². The van der Waals surface area contributed by atoms with Crippen molar-refractivity contribution in [1.29, 1.82) is 0 Å². The normalized spacial score (nSPS) is 10.5. The lowest BCUT2D eigenvalue weighted by atomic mass is 9.93. The smallest absolute Gasteiger partial charge is 0.249 e. The van der Waals surface area contributed by atoms with E-state index in [1.807, 2.05) is 54.6 Å². The summed E-state index contributed by atoms with van der Waals surface area (Å²) < 4.78 is 5.33. The van der Waals surface area contributed by atoms with Crippen LogP contribution in [-0.4, -0.2) is 12.5 Å². The van der Waals surface area contributed by atoms with E-state index in [0.29, 0.717) is 12.2 Å². The Morgan fingerprint density at radius 3 is 2.62 bits per heavy atom. The molecule has 0 radical (unpaired) electrons. The summed E-state index contributed by atoms with van der Waals surface area (Å²) in [7, 11) is 0. The Morgan fingerprint density at radius 2 is 1.83 bits per heavy atom. The Hall–Kier alpha value is -3.09. The second-order valence-corrected chi connectivity index (χ2v) is 5.47. The maximum absolute atomic E-state index is 12.0. The second kappa shape index (κ2) is 6.99. The van der Waals surface area contributed by atoms with Crippen LogP contribution in [0.1, 0.15) is 15.9 Å². The van der Waals surface area contributed by atoms with Crippen LogP contribution in [0.4, 0.5) is 0 Å². The average Bonchev–Trinajstić information content (AvgIpc) is 2.61. The van der Waals surface area contributed by atoms with Gasteiger partial charge in [-0.1, -0.05) is 60.5 Å². The maximum atomic E-state index is 12.0. The first-order valence-electron chi connectivity index (χ1n) is 7.63. The van der Waals surface area contributed by atoms with Gasteiger partial charge in [-0.05, 0) is 33.5 Å². The third kappa shape index (κ3) is 3.15. The van der Waals surface area contributed by atoms with Crippen LogP contribution in [0.3, 0.4) is 0 Å². The van der Waals surface area contributed by atoms with Gasteiger partial charge in [-0.2, -0.15) is 0 Å². The topological polar surface area (TPSA) is 52.3 Å². The van der Waals surface area contributed by atoms with Crippen molar-refractivity contribution in [3.05, 3.63) is 71.8 Å². The molecule has 3 nitrogen and oxygen atoms in total. The minimum Gasteiger partial charge on any atom is -0.366 e. The molecule has 1 amide bonds. The molecule has 0 bridgehead atoms. The highest BCUT2D eigenvalue weighted by atomic mass is 16.5. The number of carbonyl (C=O) groups excluding carboxylic acids is 1. The lowest BCUT2D eigenvalue weighted by Crippen LogP contribution is -2.13. The Morgan fingerprint density at radius 1 is 1.04 bits per heavy atom. The predicted molar refractivity (Wildman–Crippen MR) is 96.4 cm³/mol. The van der Waals surface area contributed by atoms with Gasteiger partial charge in [-0.25, -0.2) is 0 Å². The van der Waals surface area contributed by atoms with Gasteiger partial charge >= 0.3 is 0 Å². The van der Waals surface area contributed by atoms with E-state index < -0.39 is 5.91 Å². The zero-order valence-electron chi connectivity index (χ0n) is 13.2. The summed E-state index contributed by atoms with van der Waals surface area (Å²) in [6.45, 7) is 0.581. The zero-order chi connectivity index (χ0) is 16.9. The first-order chi connectivity index (χ1) is 11.7. The van der Waals surface area contributed by atoms with Crippen molar-refractivity contribution in [1.82, 2.24) is 0 Å². The molecule has 0 aromatic heterocycles. The summed E-state index contributed by atoms with van der Waals surface area (Å²) in [4.78, 5) is 12.0. The van der Waals surface area contributed by atoms with Crippen molar-refractivity contribution < 1.29 is 9.53 Å².